The van der Waals surface area contributed by atoms with E-state index in [-0.39, 0.29) is 6.04 Å². The first kappa shape index (κ1) is 13.3. The molecule has 0 aromatic carbocycles. The summed E-state index contributed by atoms with van der Waals surface area (Å²) in [6.07, 6.45) is 2.31. The second-order valence-corrected chi connectivity index (χ2v) is 4.50. The van der Waals surface area contributed by atoms with Crippen LogP contribution in [0.2, 0.25) is 0 Å². The molecule has 7 nitrogen and oxygen atoms in total. The molecule has 2 aromatic rings. The molecule has 0 aliphatic carbocycles. The van der Waals surface area contributed by atoms with Crippen LogP contribution in [0.15, 0.2) is 16.8 Å². The van der Waals surface area contributed by atoms with E-state index >= 15 is 0 Å². The minimum absolute atomic E-state index is 0.264. The van der Waals surface area contributed by atoms with Crippen molar-refractivity contribution in [1.29, 1.82) is 0 Å². The largest absolute Gasteiger partial charge is 0.366 e. The number of rotatable bonds is 5. The van der Waals surface area contributed by atoms with Gasteiger partial charge in [0, 0.05) is 25.7 Å². The van der Waals surface area contributed by atoms with E-state index in [2.05, 4.69) is 15.5 Å². The molecule has 2 aromatic heterocycles. The second-order valence-electron chi connectivity index (χ2n) is 4.50. The van der Waals surface area contributed by atoms with Gasteiger partial charge in [-0.2, -0.15) is 4.98 Å². The number of likely N-dealkylation sites (N-methyl/N-ethyl adjacent to an activating group) is 1. The fourth-order valence-corrected chi connectivity index (χ4v) is 1.73. The van der Waals surface area contributed by atoms with Crippen LogP contribution in [0.1, 0.15) is 23.1 Å². The fraction of sp³-hybridized carbons (Fsp3) is 0.417. The Balaban J connectivity index is 2.25. The molecule has 102 valence electrons. The average molecular weight is 263 g/mol. The van der Waals surface area contributed by atoms with Gasteiger partial charge in [-0.1, -0.05) is 5.16 Å². The highest BCUT2D eigenvalue weighted by atomic mass is 16.5. The number of hydrogen-bond donors (Lipinski definition) is 2. The van der Waals surface area contributed by atoms with Gasteiger partial charge in [0.2, 0.25) is 5.91 Å². The topological polar surface area (TPSA) is 99.0 Å². The summed E-state index contributed by atoms with van der Waals surface area (Å²) in [5, 5.41) is 7.02. The lowest BCUT2D eigenvalue weighted by molar-refractivity contribution is 0.100. The van der Waals surface area contributed by atoms with Gasteiger partial charge >= 0.3 is 0 Å². The normalized spacial score (nSPS) is 12.6. The summed E-state index contributed by atoms with van der Waals surface area (Å²) in [4.78, 5) is 15.4. The molecule has 0 aliphatic rings. The SMILES string of the molecule is CNC(C)Cc1noc(-c2cc(C(N)=O)cn2C)n1. The van der Waals surface area contributed by atoms with E-state index in [1.165, 1.54) is 0 Å². The van der Waals surface area contributed by atoms with Gasteiger partial charge in [-0.05, 0) is 20.0 Å². The van der Waals surface area contributed by atoms with Crippen LogP contribution < -0.4 is 11.1 Å². The third-order valence-electron chi connectivity index (χ3n) is 2.96. The van der Waals surface area contributed by atoms with E-state index in [1.54, 1.807) is 23.9 Å². The van der Waals surface area contributed by atoms with Crippen LogP contribution in [-0.4, -0.2) is 33.7 Å². The maximum Gasteiger partial charge on any atom is 0.274 e. The van der Waals surface area contributed by atoms with Crippen LogP contribution in [0.3, 0.4) is 0 Å². The van der Waals surface area contributed by atoms with Gasteiger partial charge in [-0.3, -0.25) is 4.79 Å². The van der Waals surface area contributed by atoms with E-state index in [0.29, 0.717) is 29.4 Å². The molecule has 7 heteroatoms. The van der Waals surface area contributed by atoms with E-state index in [1.807, 2.05) is 14.0 Å². The standard InChI is InChI=1S/C12H17N5O2/c1-7(14-2)4-10-15-12(19-16-10)9-5-8(11(13)18)6-17(9)3/h5-7,14H,4H2,1-3H3,(H2,13,18). The molecular weight excluding hydrogens is 246 g/mol. The lowest BCUT2D eigenvalue weighted by Gasteiger charge is -2.04. The van der Waals surface area contributed by atoms with Crippen molar-refractivity contribution in [2.45, 2.75) is 19.4 Å². The molecule has 0 fully saturated rings. The molecule has 1 amide bonds. The summed E-state index contributed by atoms with van der Waals surface area (Å²) < 4.78 is 6.94. The Labute approximate surface area is 110 Å². The summed E-state index contributed by atoms with van der Waals surface area (Å²) in [6, 6.07) is 1.90. The van der Waals surface area contributed by atoms with Crippen molar-refractivity contribution in [3.63, 3.8) is 0 Å². The van der Waals surface area contributed by atoms with Gasteiger partial charge in [0.15, 0.2) is 5.82 Å². The van der Waals surface area contributed by atoms with Crippen molar-refractivity contribution < 1.29 is 9.32 Å². The smallest absolute Gasteiger partial charge is 0.274 e. The maximum atomic E-state index is 11.1. The quantitative estimate of drug-likeness (QED) is 0.809. The van der Waals surface area contributed by atoms with Gasteiger partial charge in [-0.15, -0.1) is 0 Å². The summed E-state index contributed by atoms with van der Waals surface area (Å²) in [6.45, 7) is 2.03. The number of primary amides is 1. The molecule has 0 saturated carbocycles. The van der Waals surface area contributed by atoms with E-state index in [9.17, 15) is 4.79 Å². The molecule has 2 heterocycles. The van der Waals surface area contributed by atoms with Crippen molar-refractivity contribution in [1.82, 2.24) is 20.0 Å². The van der Waals surface area contributed by atoms with Crippen molar-refractivity contribution in [3.05, 3.63) is 23.7 Å². The molecule has 1 atom stereocenters. The minimum Gasteiger partial charge on any atom is -0.366 e. The number of aromatic nitrogens is 3. The number of nitrogens with two attached hydrogens (primary N) is 1. The Morgan fingerprint density at radius 2 is 2.37 bits per heavy atom. The number of carbonyl (C=O) groups is 1. The van der Waals surface area contributed by atoms with E-state index in [0.717, 1.165) is 0 Å². The molecule has 19 heavy (non-hydrogen) atoms. The van der Waals surface area contributed by atoms with Crippen molar-refractivity contribution in [2.75, 3.05) is 7.05 Å². The molecule has 0 saturated heterocycles. The van der Waals surface area contributed by atoms with Crippen LogP contribution in [-0.2, 0) is 13.5 Å². The summed E-state index contributed by atoms with van der Waals surface area (Å²) in [5.41, 5.74) is 6.32. The number of nitrogens with zero attached hydrogens (tertiary/aromatic N) is 3. The van der Waals surface area contributed by atoms with E-state index in [4.69, 9.17) is 10.3 Å². The number of amides is 1. The predicted molar refractivity (Wildman–Crippen MR) is 69.4 cm³/mol. The first-order chi connectivity index (χ1) is 9.01. The highest BCUT2D eigenvalue weighted by Crippen LogP contribution is 2.19. The Morgan fingerprint density at radius 1 is 1.63 bits per heavy atom. The van der Waals surface area contributed by atoms with Gasteiger partial charge in [0.05, 0.1) is 5.56 Å². The predicted octanol–water partition coefficient (Wildman–Crippen LogP) is 0.324. The molecular formula is C12H17N5O2. The van der Waals surface area contributed by atoms with Crippen LogP contribution in [0, 0.1) is 0 Å². The lowest BCUT2D eigenvalue weighted by Crippen LogP contribution is -2.24. The molecule has 2 rings (SSSR count). The lowest BCUT2D eigenvalue weighted by atomic mass is 10.2. The number of nitrogens with one attached hydrogen (secondary N) is 1. The van der Waals surface area contributed by atoms with Crippen LogP contribution in [0.25, 0.3) is 11.6 Å². The molecule has 0 spiro atoms. The van der Waals surface area contributed by atoms with Crippen molar-refractivity contribution in [3.8, 4) is 11.6 Å². The molecule has 1 unspecified atom stereocenters. The second kappa shape index (κ2) is 5.23. The van der Waals surface area contributed by atoms with Crippen LogP contribution >= 0.6 is 0 Å². The van der Waals surface area contributed by atoms with Crippen LogP contribution in [0.5, 0.6) is 0 Å². The maximum absolute atomic E-state index is 11.1. The monoisotopic (exact) mass is 263 g/mol. The van der Waals surface area contributed by atoms with Crippen molar-refractivity contribution >= 4 is 5.91 Å². The first-order valence-electron chi connectivity index (χ1n) is 5.97. The Bertz CT molecular complexity index is 587. The van der Waals surface area contributed by atoms with Gasteiger partial charge < -0.3 is 20.1 Å². The van der Waals surface area contributed by atoms with Crippen molar-refractivity contribution in [2.24, 2.45) is 12.8 Å². The number of aryl methyl sites for hydroxylation is 1. The summed E-state index contributed by atoms with van der Waals surface area (Å²) >= 11 is 0. The molecule has 0 radical (unpaired) electrons. The highest BCUT2D eigenvalue weighted by Gasteiger charge is 2.16. The molecule has 3 N–H and O–H groups in total. The fourth-order valence-electron chi connectivity index (χ4n) is 1.73. The third kappa shape index (κ3) is 2.82. The molecule has 0 aliphatic heterocycles. The highest BCUT2D eigenvalue weighted by molar-refractivity contribution is 5.93. The Kier molecular flexibility index (Phi) is 3.66. The Hall–Kier alpha value is -2.15. The third-order valence-corrected chi connectivity index (χ3v) is 2.96. The zero-order chi connectivity index (χ0) is 14.0. The van der Waals surface area contributed by atoms with Gasteiger partial charge in [-0.25, -0.2) is 0 Å². The van der Waals surface area contributed by atoms with Crippen LogP contribution in [0.4, 0.5) is 0 Å². The number of carbonyl (C=O) groups excluding carboxylic acids is 1. The van der Waals surface area contributed by atoms with Gasteiger partial charge in [0.1, 0.15) is 5.69 Å². The average Bonchev–Trinajstić information content (AvgIpc) is 2.95. The molecule has 0 bridgehead atoms. The number of hydrogen-bond acceptors (Lipinski definition) is 5. The zero-order valence-electron chi connectivity index (χ0n) is 11.2. The summed E-state index contributed by atoms with van der Waals surface area (Å²) in [7, 11) is 3.67. The zero-order valence-corrected chi connectivity index (χ0v) is 11.2. The van der Waals surface area contributed by atoms with E-state index < -0.39 is 5.91 Å². The summed E-state index contributed by atoms with van der Waals surface area (Å²) in [5.74, 6) is 0.525. The Morgan fingerprint density at radius 3 is 2.95 bits per heavy atom. The minimum atomic E-state index is -0.481. The van der Waals surface area contributed by atoms with Gasteiger partial charge in [0.25, 0.3) is 5.89 Å². The first-order valence-corrected chi connectivity index (χ1v) is 5.97.